The number of rotatable bonds is 5. The van der Waals surface area contributed by atoms with E-state index in [9.17, 15) is 4.79 Å². The smallest absolute Gasteiger partial charge is 0.259 e. The van der Waals surface area contributed by atoms with Crippen LogP contribution in [0, 0.1) is 0 Å². The van der Waals surface area contributed by atoms with E-state index in [1.165, 1.54) is 6.21 Å². The second kappa shape index (κ2) is 7.67. The number of benzene rings is 2. The summed E-state index contributed by atoms with van der Waals surface area (Å²) >= 11 is 11.8. The number of hydrogen-bond acceptors (Lipinski definition) is 3. The standard InChI is InChI=1S/C15H13Cl2N3O/c16-12-5-3-4-11(8-12)9-19-20-15(21)10-18-14-7-2-1-6-13(14)17/h1-9,18H,10H2,(H,20,21)/b19-9-. The first kappa shape index (κ1) is 15.4. The molecule has 0 saturated heterocycles. The van der Waals surface area contributed by atoms with Crippen LogP contribution < -0.4 is 10.7 Å². The highest BCUT2D eigenvalue weighted by Gasteiger charge is 2.02. The van der Waals surface area contributed by atoms with Crippen LogP contribution in [0.1, 0.15) is 5.56 Å². The highest BCUT2D eigenvalue weighted by Crippen LogP contribution is 2.19. The van der Waals surface area contributed by atoms with Crippen LogP contribution in [0.3, 0.4) is 0 Å². The van der Waals surface area contributed by atoms with E-state index in [2.05, 4.69) is 15.8 Å². The number of hydrazone groups is 1. The third-order valence-electron chi connectivity index (χ3n) is 2.56. The summed E-state index contributed by atoms with van der Waals surface area (Å²) < 4.78 is 0. The van der Waals surface area contributed by atoms with E-state index in [4.69, 9.17) is 23.2 Å². The average Bonchev–Trinajstić information content (AvgIpc) is 2.46. The highest BCUT2D eigenvalue weighted by molar-refractivity contribution is 6.33. The van der Waals surface area contributed by atoms with Crippen molar-refractivity contribution < 1.29 is 4.79 Å². The second-order valence-electron chi connectivity index (χ2n) is 4.18. The molecule has 4 nitrogen and oxygen atoms in total. The van der Waals surface area contributed by atoms with Crippen LogP contribution in [-0.4, -0.2) is 18.7 Å². The van der Waals surface area contributed by atoms with E-state index in [-0.39, 0.29) is 12.5 Å². The monoisotopic (exact) mass is 321 g/mol. The van der Waals surface area contributed by atoms with Crippen molar-refractivity contribution in [2.45, 2.75) is 0 Å². The summed E-state index contributed by atoms with van der Waals surface area (Å²) in [6, 6.07) is 14.4. The van der Waals surface area contributed by atoms with Gasteiger partial charge in [-0.2, -0.15) is 5.10 Å². The normalized spacial score (nSPS) is 10.6. The molecule has 0 fully saturated rings. The first-order valence-electron chi connectivity index (χ1n) is 6.21. The zero-order chi connectivity index (χ0) is 15.1. The molecule has 2 N–H and O–H groups in total. The second-order valence-corrected chi connectivity index (χ2v) is 5.03. The van der Waals surface area contributed by atoms with Crippen molar-refractivity contribution in [1.29, 1.82) is 0 Å². The summed E-state index contributed by atoms with van der Waals surface area (Å²) in [6.07, 6.45) is 1.53. The van der Waals surface area contributed by atoms with Crippen molar-refractivity contribution >= 4 is 41.0 Å². The molecule has 0 spiro atoms. The Kier molecular flexibility index (Phi) is 5.60. The van der Waals surface area contributed by atoms with E-state index in [1.54, 1.807) is 24.3 Å². The Morgan fingerprint density at radius 3 is 2.71 bits per heavy atom. The molecule has 2 rings (SSSR count). The maximum atomic E-state index is 11.6. The maximum absolute atomic E-state index is 11.6. The van der Waals surface area contributed by atoms with Gasteiger partial charge in [0, 0.05) is 5.02 Å². The van der Waals surface area contributed by atoms with Crippen LogP contribution in [0.5, 0.6) is 0 Å². The molecule has 2 aromatic rings. The van der Waals surface area contributed by atoms with Gasteiger partial charge in [-0.25, -0.2) is 5.43 Å². The fraction of sp³-hybridized carbons (Fsp3) is 0.0667. The van der Waals surface area contributed by atoms with Crippen LogP contribution in [0.4, 0.5) is 5.69 Å². The van der Waals surface area contributed by atoms with Gasteiger partial charge < -0.3 is 5.32 Å². The number of carbonyl (C=O) groups is 1. The molecule has 0 aliphatic rings. The number of halogens is 2. The van der Waals surface area contributed by atoms with E-state index < -0.39 is 0 Å². The Labute approximate surface area is 132 Å². The van der Waals surface area contributed by atoms with E-state index in [0.717, 1.165) is 5.56 Å². The van der Waals surface area contributed by atoms with Crippen LogP contribution >= 0.6 is 23.2 Å². The molecule has 108 valence electrons. The van der Waals surface area contributed by atoms with E-state index in [0.29, 0.717) is 15.7 Å². The van der Waals surface area contributed by atoms with Gasteiger partial charge in [0.05, 0.1) is 23.5 Å². The van der Waals surface area contributed by atoms with Crippen molar-refractivity contribution in [3.63, 3.8) is 0 Å². The van der Waals surface area contributed by atoms with Gasteiger partial charge in [0.25, 0.3) is 5.91 Å². The molecule has 6 heteroatoms. The van der Waals surface area contributed by atoms with E-state index in [1.807, 2.05) is 24.3 Å². The van der Waals surface area contributed by atoms with Crippen LogP contribution in [0.2, 0.25) is 10.0 Å². The molecule has 0 aliphatic heterocycles. The molecule has 21 heavy (non-hydrogen) atoms. The molecule has 0 heterocycles. The van der Waals surface area contributed by atoms with Gasteiger partial charge in [-0.15, -0.1) is 0 Å². The quantitative estimate of drug-likeness (QED) is 0.653. The number of para-hydroxylation sites is 1. The van der Waals surface area contributed by atoms with Gasteiger partial charge in [0.2, 0.25) is 0 Å². The van der Waals surface area contributed by atoms with Crippen molar-refractivity contribution in [1.82, 2.24) is 5.43 Å². The average molecular weight is 322 g/mol. The summed E-state index contributed by atoms with van der Waals surface area (Å²) in [5.74, 6) is -0.270. The molecule has 1 amide bonds. The minimum Gasteiger partial charge on any atom is -0.375 e. The number of nitrogens with zero attached hydrogens (tertiary/aromatic N) is 1. The Morgan fingerprint density at radius 2 is 1.95 bits per heavy atom. The Balaban J connectivity index is 1.81. The number of hydrogen-bond donors (Lipinski definition) is 2. The van der Waals surface area contributed by atoms with Gasteiger partial charge in [-0.3, -0.25) is 4.79 Å². The fourth-order valence-electron chi connectivity index (χ4n) is 1.59. The van der Waals surface area contributed by atoms with Crippen LogP contribution in [0.15, 0.2) is 53.6 Å². The lowest BCUT2D eigenvalue weighted by molar-refractivity contribution is -0.119. The van der Waals surface area contributed by atoms with Gasteiger partial charge in [0.15, 0.2) is 0 Å². The van der Waals surface area contributed by atoms with Crippen molar-refractivity contribution in [3.8, 4) is 0 Å². The molecule has 0 radical (unpaired) electrons. The van der Waals surface area contributed by atoms with Crippen molar-refractivity contribution in [2.24, 2.45) is 5.10 Å². The summed E-state index contributed by atoms with van der Waals surface area (Å²) in [6.45, 7) is 0.0800. The van der Waals surface area contributed by atoms with Gasteiger partial charge in [-0.1, -0.05) is 47.5 Å². The number of anilines is 1. The first-order valence-corrected chi connectivity index (χ1v) is 6.96. The largest absolute Gasteiger partial charge is 0.375 e. The minimum atomic E-state index is -0.270. The number of nitrogens with one attached hydrogen (secondary N) is 2. The summed E-state index contributed by atoms with van der Waals surface area (Å²) in [4.78, 5) is 11.6. The van der Waals surface area contributed by atoms with Crippen molar-refractivity contribution in [2.75, 3.05) is 11.9 Å². The van der Waals surface area contributed by atoms with E-state index >= 15 is 0 Å². The lowest BCUT2D eigenvalue weighted by Crippen LogP contribution is -2.25. The Bertz CT molecular complexity index is 659. The Morgan fingerprint density at radius 1 is 1.14 bits per heavy atom. The topological polar surface area (TPSA) is 53.5 Å². The molecule has 0 atom stereocenters. The van der Waals surface area contributed by atoms with Gasteiger partial charge >= 0.3 is 0 Å². The van der Waals surface area contributed by atoms with Crippen LogP contribution in [-0.2, 0) is 4.79 Å². The first-order chi connectivity index (χ1) is 10.1. The summed E-state index contributed by atoms with van der Waals surface area (Å²) in [5, 5.41) is 7.97. The zero-order valence-electron chi connectivity index (χ0n) is 11.0. The minimum absolute atomic E-state index is 0.0800. The summed E-state index contributed by atoms with van der Waals surface area (Å²) in [5.41, 5.74) is 3.93. The molecule has 0 bridgehead atoms. The fourth-order valence-corrected chi connectivity index (χ4v) is 1.99. The molecule has 0 unspecified atom stereocenters. The number of carbonyl (C=O) groups excluding carboxylic acids is 1. The summed E-state index contributed by atoms with van der Waals surface area (Å²) in [7, 11) is 0. The third-order valence-corrected chi connectivity index (χ3v) is 3.13. The predicted octanol–water partition coefficient (Wildman–Crippen LogP) is 3.56. The predicted molar refractivity (Wildman–Crippen MR) is 87.1 cm³/mol. The lowest BCUT2D eigenvalue weighted by atomic mass is 10.2. The molecular formula is C15H13Cl2N3O. The van der Waals surface area contributed by atoms with Gasteiger partial charge in [0.1, 0.15) is 0 Å². The maximum Gasteiger partial charge on any atom is 0.259 e. The Hall–Kier alpha value is -2.04. The molecule has 0 aromatic heterocycles. The molecule has 0 saturated carbocycles. The number of amides is 1. The lowest BCUT2D eigenvalue weighted by Gasteiger charge is -2.06. The van der Waals surface area contributed by atoms with Crippen LogP contribution in [0.25, 0.3) is 0 Å². The highest BCUT2D eigenvalue weighted by atomic mass is 35.5. The molecule has 0 aliphatic carbocycles. The molecule has 2 aromatic carbocycles. The zero-order valence-corrected chi connectivity index (χ0v) is 12.5. The third kappa shape index (κ3) is 5.10. The van der Waals surface area contributed by atoms with Gasteiger partial charge in [-0.05, 0) is 29.8 Å². The SMILES string of the molecule is O=C(CNc1ccccc1Cl)N/N=C\c1cccc(Cl)c1. The molecular weight excluding hydrogens is 309 g/mol. The van der Waals surface area contributed by atoms with Crippen molar-refractivity contribution in [3.05, 3.63) is 64.1 Å².